The number of hydrogen-bond donors (Lipinski definition) is 1. The van der Waals surface area contributed by atoms with Crippen LogP contribution in [0.15, 0.2) is 36.4 Å². The number of pyridine rings is 1. The van der Waals surface area contributed by atoms with E-state index in [4.69, 9.17) is 23.9 Å². The number of nitrogens with zero attached hydrogens (tertiary/aromatic N) is 1. The highest BCUT2D eigenvalue weighted by molar-refractivity contribution is 5.92. The largest absolute Gasteiger partial charge is 0.493 e. The molecule has 0 bridgehead atoms. The van der Waals surface area contributed by atoms with Crippen LogP contribution in [-0.2, 0) is 44.8 Å². The van der Waals surface area contributed by atoms with E-state index in [1.807, 2.05) is 41.5 Å². The maximum atomic E-state index is 14.1. The molecule has 0 spiro atoms. The van der Waals surface area contributed by atoms with Crippen molar-refractivity contribution in [1.29, 1.82) is 0 Å². The fourth-order valence-electron chi connectivity index (χ4n) is 7.51. The molecule has 48 heavy (non-hydrogen) atoms. The van der Waals surface area contributed by atoms with Crippen LogP contribution >= 0.6 is 0 Å². The van der Waals surface area contributed by atoms with Gasteiger partial charge in [-0.25, -0.2) is 4.79 Å². The maximum Gasteiger partial charge on any atom is 0.340 e. The van der Waals surface area contributed by atoms with Crippen LogP contribution in [0.1, 0.15) is 106 Å². The van der Waals surface area contributed by atoms with Gasteiger partial charge >= 0.3 is 5.97 Å². The van der Waals surface area contributed by atoms with Crippen LogP contribution in [0.5, 0.6) is 5.75 Å². The van der Waals surface area contributed by atoms with E-state index in [-0.39, 0.29) is 12.1 Å². The molecule has 6 rings (SSSR count). The second-order valence-corrected chi connectivity index (χ2v) is 15.0. The first-order chi connectivity index (χ1) is 23.1. The van der Waals surface area contributed by atoms with Crippen molar-refractivity contribution in [3.05, 3.63) is 70.0 Å². The molecule has 0 saturated carbocycles. The average molecular weight is 655 g/mol. The molecular formula is C41H54N2O5. The van der Waals surface area contributed by atoms with E-state index in [1.165, 1.54) is 16.7 Å². The smallest absolute Gasteiger partial charge is 0.340 e. The van der Waals surface area contributed by atoms with E-state index < -0.39 is 11.7 Å². The quantitative estimate of drug-likeness (QED) is 0.221. The molecule has 1 fully saturated rings. The van der Waals surface area contributed by atoms with Gasteiger partial charge in [0.2, 0.25) is 0 Å². The summed E-state index contributed by atoms with van der Waals surface area (Å²) in [5, 5.41) is 3.52. The van der Waals surface area contributed by atoms with Crippen LogP contribution in [0.25, 0.3) is 22.3 Å². The van der Waals surface area contributed by atoms with E-state index in [2.05, 4.69) is 41.7 Å². The molecule has 3 aliphatic heterocycles. The summed E-state index contributed by atoms with van der Waals surface area (Å²) in [5.74, 6) is 1.25. The summed E-state index contributed by atoms with van der Waals surface area (Å²) in [7, 11) is 0. The van der Waals surface area contributed by atoms with Crippen LogP contribution in [0.3, 0.4) is 0 Å². The number of hydrogen-bond acceptors (Lipinski definition) is 7. The number of ether oxygens (including phenoxy) is 4. The molecule has 258 valence electrons. The van der Waals surface area contributed by atoms with Crippen LogP contribution in [0, 0.1) is 12.8 Å². The zero-order valence-corrected chi connectivity index (χ0v) is 29.9. The van der Waals surface area contributed by atoms with Gasteiger partial charge in [-0.05, 0) is 151 Å². The zero-order valence-electron chi connectivity index (χ0n) is 29.9. The third-order valence-corrected chi connectivity index (χ3v) is 9.75. The highest BCUT2D eigenvalue weighted by atomic mass is 16.6. The molecule has 2 aromatic carbocycles. The lowest BCUT2D eigenvalue weighted by Gasteiger charge is -2.31. The first-order valence-corrected chi connectivity index (χ1v) is 18.2. The number of benzene rings is 2. The first kappa shape index (κ1) is 34.6. The predicted molar refractivity (Wildman–Crippen MR) is 190 cm³/mol. The monoisotopic (exact) mass is 654 g/mol. The number of nitrogens with one attached hydrogen (secondary N) is 1. The molecule has 3 aromatic rings. The highest BCUT2D eigenvalue weighted by Crippen LogP contribution is 2.45. The van der Waals surface area contributed by atoms with Crippen molar-refractivity contribution in [3.63, 3.8) is 0 Å². The lowest BCUT2D eigenvalue weighted by atomic mass is 9.83. The van der Waals surface area contributed by atoms with E-state index in [1.54, 1.807) is 0 Å². The molecule has 7 nitrogen and oxygen atoms in total. The Hall–Kier alpha value is -3.26. The summed E-state index contributed by atoms with van der Waals surface area (Å²) in [6.07, 6.45) is 7.02. The van der Waals surface area contributed by atoms with E-state index >= 15 is 0 Å². The molecule has 3 aliphatic rings. The fourth-order valence-corrected chi connectivity index (χ4v) is 7.51. The van der Waals surface area contributed by atoms with Gasteiger partial charge in [0, 0.05) is 42.3 Å². The molecule has 0 radical (unpaired) electrons. The minimum atomic E-state index is -0.945. The Balaban J connectivity index is 1.58. The van der Waals surface area contributed by atoms with Crippen LogP contribution in [0.4, 0.5) is 0 Å². The van der Waals surface area contributed by atoms with E-state index in [0.717, 1.165) is 129 Å². The minimum absolute atomic E-state index is 0.278. The molecule has 4 heterocycles. The number of carbonyl (C=O) groups excluding carboxylic acids is 1. The topological polar surface area (TPSA) is 78.9 Å². The van der Waals surface area contributed by atoms with Gasteiger partial charge in [-0.1, -0.05) is 24.3 Å². The lowest BCUT2D eigenvalue weighted by molar-refractivity contribution is -0.171. The number of aromatic nitrogens is 1. The third-order valence-electron chi connectivity index (χ3n) is 9.75. The molecule has 7 heteroatoms. The van der Waals surface area contributed by atoms with Crippen molar-refractivity contribution < 1.29 is 23.7 Å². The van der Waals surface area contributed by atoms with Gasteiger partial charge < -0.3 is 24.3 Å². The summed E-state index contributed by atoms with van der Waals surface area (Å²) in [5.41, 5.74) is 10.3. The number of aryl methyl sites for hydroxylation is 3. The SMILES string of the molecule is Cc1nc(CCCC2CCOCC2)c(-c2ccc3c(c2)CCNC3)c(-c2ccc3c(c2)CCCO3)c1[C@H](OC(C)(C)C)C(=O)OC(C)C. The Bertz CT molecular complexity index is 1600. The van der Waals surface area contributed by atoms with Crippen LogP contribution < -0.4 is 10.1 Å². The number of esters is 1. The summed E-state index contributed by atoms with van der Waals surface area (Å²) in [6.45, 7) is 16.1. The normalized spacial score (nSPS) is 17.4. The summed E-state index contributed by atoms with van der Waals surface area (Å²) in [6, 6.07) is 13.4. The van der Waals surface area contributed by atoms with Gasteiger partial charge in [0.25, 0.3) is 0 Å². The summed E-state index contributed by atoms with van der Waals surface area (Å²) in [4.78, 5) is 19.4. The Morgan fingerprint density at radius 3 is 2.50 bits per heavy atom. The number of fused-ring (bicyclic) bond motifs is 2. The molecule has 0 aliphatic carbocycles. The maximum absolute atomic E-state index is 14.1. The zero-order chi connectivity index (χ0) is 33.8. The standard InChI is InChI=1S/C41H54N2O5/c1-26(2)47-40(44)39(48-41(4,5)6)36-27(3)43-34(11-7-9-28-17-21-45-22-18-28)37(31-12-13-33-25-42-19-16-29(33)23-31)38(36)32-14-15-35-30(24-32)10-8-20-46-35/h12-15,23-24,26,28,39,42H,7-11,16-22,25H2,1-6H3/t39-/m0/s1. The Morgan fingerprint density at radius 2 is 1.73 bits per heavy atom. The second-order valence-electron chi connectivity index (χ2n) is 15.0. The Morgan fingerprint density at radius 1 is 0.979 bits per heavy atom. The number of rotatable bonds is 10. The average Bonchev–Trinajstić information content (AvgIpc) is 3.06. The van der Waals surface area contributed by atoms with Crippen molar-refractivity contribution in [1.82, 2.24) is 10.3 Å². The van der Waals surface area contributed by atoms with Crippen LogP contribution in [0.2, 0.25) is 0 Å². The molecule has 1 aromatic heterocycles. The molecule has 0 unspecified atom stereocenters. The van der Waals surface area contributed by atoms with Gasteiger partial charge in [0.05, 0.1) is 18.3 Å². The van der Waals surface area contributed by atoms with Crippen molar-refractivity contribution in [2.75, 3.05) is 26.4 Å². The molecule has 0 amide bonds. The minimum Gasteiger partial charge on any atom is -0.493 e. The van der Waals surface area contributed by atoms with Gasteiger partial charge in [0.15, 0.2) is 6.10 Å². The van der Waals surface area contributed by atoms with Gasteiger partial charge in [-0.2, -0.15) is 0 Å². The van der Waals surface area contributed by atoms with E-state index in [9.17, 15) is 4.79 Å². The summed E-state index contributed by atoms with van der Waals surface area (Å²) < 4.78 is 24.3. The Labute approximate surface area is 287 Å². The van der Waals surface area contributed by atoms with Gasteiger partial charge in [-0.3, -0.25) is 4.98 Å². The first-order valence-electron chi connectivity index (χ1n) is 18.2. The van der Waals surface area contributed by atoms with Crippen LogP contribution in [-0.4, -0.2) is 49.0 Å². The van der Waals surface area contributed by atoms with Crippen molar-refractivity contribution in [3.8, 4) is 28.0 Å². The lowest BCUT2D eigenvalue weighted by Crippen LogP contribution is -2.31. The molecule has 1 saturated heterocycles. The van der Waals surface area contributed by atoms with Crippen molar-refractivity contribution in [2.24, 2.45) is 5.92 Å². The molecular weight excluding hydrogens is 600 g/mol. The third kappa shape index (κ3) is 8.12. The Kier molecular flexibility index (Phi) is 10.9. The molecule has 1 N–H and O–H groups in total. The predicted octanol–water partition coefficient (Wildman–Crippen LogP) is 8.25. The molecule has 1 atom stereocenters. The fraction of sp³-hybridized carbons (Fsp3) is 0.561. The number of carbonyl (C=O) groups is 1. The van der Waals surface area contributed by atoms with Gasteiger partial charge in [0.1, 0.15) is 5.75 Å². The van der Waals surface area contributed by atoms with Gasteiger partial charge in [-0.15, -0.1) is 0 Å². The van der Waals surface area contributed by atoms with Crippen molar-refractivity contribution in [2.45, 2.75) is 117 Å². The van der Waals surface area contributed by atoms with E-state index in [0.29, 0.717) is 5.92 Å². The highest BCUT2D eigenvalue weighted by Gasteiger charge is 2.36. The van der Waals surface area contributed by atoms with Crippen molar-refractivity contribution >= 4 is 5.97 Å². The second kappa shape index (κ2) is 15.1. The summed E-state index contributed by atoms with van der Waals surface area (Å²) >= 11 is 0.